The van der Waals surface area contributed by atoms with Gasteiger partial charge in [-0.3, -0.25) is 9.59 Å². The fourth-order valence-corrected chi connectivity index (χ4v) is 4.45. The van der Waals surface area contributed by atoms with Crippen molar-refractivity contribution in [3.63, 3.8) is 0 Å². The fraction of sp³-hybridized carbons (Fsp3) is 0.619. The summed E-state index contributed by atoms with van der Waals surface area (Å²) in [5.41, 5.74) is -0.270. The molecule has 1 amide bonds. The highest BCUT2D eigenvalue weighted by atomic mass is 19.4. The number of benzene rings is 1. The molecule has 0 spiro atoms. The molecule has 2 saturated carbocycles. The van der Waals surface area contributed by atoms with Crippen molar-refractivity contribution < 1.29 is 22.8 Å². The van der Waals surface area contributed by atoms with Gasteiger partial charge in [0.1, 0.15) is 5.78 Å². The molecule has 27 heavy (non-hydrogen) atoms. The molecule has 3 aliphatic rings. The minimum absolute atomic E-state index is 0.122. The molecule has 1 aromatic rings. The molecular weight excluding hydrogens is 355 g/mol. The van der Waals surface area contributed by atoms with E-state index in [0.717, 1.165) is 18.4 Å². The molecule has 4 rings (SSSR count). The summed E-state index contributed by atoms with van der Waals surface area (Å²) in [7, 11) is 0. The van der Waals surface area contributed by atoms with Crippen LogP contribution in [0.2, 0.25) is 0 Å². The molecular formula is C21H24F3NO2. The predicted octanol–water partition coefficient (Wildman–Crippen LogP) is 4.36. The second kappa shape index (κ2) is 6.64. The lowest BCUT2D eigenvalue weighted by atomic mass is 9.87. The van der Waals surface area contributed by atoms with E-state index in [0.29, 0.717) is 49.6 Å². The summed E-state index contributed by atoms with van der Waals surface area (Å²) < 4.78 is 39.6. The maximum atomic E-state index is 13.2. The zero-order valence-corrected chi connectivity index (χ0v) is 15.2. The van der Waals surface area contributed by atoms with Crippen molar-refractivity contribution in [2.75, 3.05) is 13.1 Å². The topological polar surface area (TPSA) is 37.4 Å². The molecule has 0 aromatic heterocycles. The van der Waals surface area contributed by atoms with Crippen molar-refractivity contribution in [2.45, 2.75) is 62.5 Å². The number of likely N-dealkylation sites (tertiary alicyclic amines) is 1. The van der Waals surface area contributed by atoms with Crippen molar-refractivity contribution in [1.29, 1.82) is 0 Å². The number of carbonyl (C=O) groups excluding carboxylic acids is 2. The van der Waals surface area contributed by atoms with Gasteiger partial charge in [0.15, 0.2) is 0 Å². The zero-order valence-electron chi connectivity index (χ0n) is 15.2. The summed E-state index contributed by atoms with van der Waals surface area (Å²) in [6, 6.07) is 6.80. The molecule has 2 aliphatic carbocycles. The first-order valence-corrected chi connectivity index (χ1v) is 9.75. The van der Waals surface area contributed by atoms with Crippen LogP contribution < -0.4 is 0 Å². The van der Waals surface area contributed by atoms with Gasteiger partial charge in [0.2, 0.25) is 5.91 Å². The monoisotopic (exact) mass is 379 g/mol. The molecule has 1 aromatic carbocycles. The quantitative estimate of drug-likeness (QED) is 0.763. The summed E-state index contributed by atoms with van der Waals surface area (Å²) in [6.07, 6.45) is -0.406. The summed E-state index contributed by atoms with van der Waals surface area (Å²) >= 11 is 0. The van der Waals surface area contributed by atoms with Gasteiger partial charge >= 0.3 is 6.18 Å². The summed E-state index contributed by atoms with van der Waals surface area (Å²) in [6.45, 7) is 1.26. The standard InChI is InChI=1S/C21H24F3NO2/c22-21(23,24)20(9-10-20)17-5-3-15(4-6-17)16-12-25(13-16)19(27)8-2-14-1-7-18(26)11-14/h3-6,14,16H,1-2,7-13H2. The Balaban J connectivity index is 1.27. The normalized spacial score (nSPS) is 24.8. The van der Waals surface area contributed by atoms with E-state index < -0.39 is 11.6 Å². The number of Topliss-reactive ketones (excluding diaryl/α,β-unsaturated/α-hetero) is 1. The number of halogens is 3. The molecule has 1 saturated heterocycles. The van der Waals surface area contributed by atoms with Gasteiger partial charge in [0, 0.05) is 38.3 Å². The Labute approximate surface area is 156 Å². The van der Waals surface area contributed by atoms with E-state index in [9.17, 15) is 22.8 Å². The van der Waals surface area contributed by atoms with Crippen LogP contribution in [0.3, 0.4) is 0 Å². The van der Waals surface area contributed by atoms with Gasteiger partial charge in [-0.2, -0.15) is 13.2 Å². The van der Waals surface area contributed by atoms with Crippen LogP contribution in [0.1, 0.15) is 62.0 Å². The van der Waals surface area contributed by atoms with E-state index in [1.54, 1.807) is 24.3 Å². The Morgan fingerprint density at radius 1 is 1.15 bits per heavy atom. The van der Waals surface area contributed by atoms with E-state index in [1.807, 2.05) is 4.90 Å². The lowest BCUT2D eigenvalue weighted by Gasteiger charge is -2.40. The number of ketones is 1. The van der Waals surface area contributed by atoms with Crippen molar-refractivity contribution in [1.82, 2.24) is 4.90 Å². The highest BCUT2D eigenvalue weighted by molar-refractivity contribution is 5.81. The number of amides is 1. The number of alkyl halides is 3. The third-order valence-electron chi connectivity index (χ3n) is 6.58. The minimum atomic E-state index is -4.18. The van der Waals surface area contributed by atoms with Crippen molar-refractivity contribution in [2.24, 2.45) is 5.92 Å². The molecule has 3 fully saturated rings. The molecule has 146 valence electrons. The second-order valence-corrected chi connectivity index (χ2v) is 8.38. The Kier molecular flexibility index (Phi) is 4.55. The average molecular weight is 379 g/mol. The summed E-state index contributed by atoms with van der Waals surface area (Å²) in [4.78, 5) is 25.4. The number of carbonyl (C=O) groups is 2. The molecule has 0 N–H and O–H groups in total. The van der Waals surface area contributed by atoms with E-state index in [1.165, 1.54) is 0 Å². The van der Waals surface area contributed by atoms with Crippen LogP contribution in [-0.4, -0.2) is 35.9 Å². The Bertz CT molecular complexity index is 731. The third-order valence-corrected chi connectivity index (χ3v) is 6.58. The third kappa shape index (κ3) is 3.50. The van der Waals surface area contributed by atoms with Crippen LogP contribution in [0.4, 0.5) is 13.2 Å². The molecule has 0 bridgehead atoms. The van der Waals surface area contributed by atoms with Gasteiger partial charge in [0.05, 0.1) is 5.41 Å². The average Bonchev–Trinajstić information content (AvgIpc) is 3.30. The molecule has 1 heterocycles. The van der Waals surface area contributed by atoms with Crippen LogP contribution in [0.25, 0.3) is 0 Å². The van der Waals surface area contributed by atoms with E-state index in [2.05, 4.69) is 0 Å². The first kappa shape index (κ1) is 18.5. The SMILES string of the molecule is O=C1CCC(CCC(=O)N2CC(c3ccc(C4(C(F)(F)F)CC4)cc3)C2)C1. The van der Waals surface area contributed by atoms with Crippen LogP contribution in [0, 0.1) is 5.92 Å². The molecule has 0 radical (unpaired) electrons. The second-order valence-electron chi connectivity index (χ2n) is 8.38. The predicted molar refractivity (Wildman–Crippen MR) is 94.3 cm³/mol. The minimum Gasteiger partial charge on any atom is -0.341 e. The van der Waals surface area contributed by atoms with Crippen LogP contribution in [0.5, 0.6) is 0 Å². The number of nitrogens with zero attached hydrogens (tertiary/aromatic N) is 1. The van der Waals surface area contributed by atoms with Crippen LogP contribution in [-0.2, 0) is 15.0 Å². The first-order chi connectivity index (χ1) is 12.8. The van der Waals surface area contributed by atoms with Crippen molar-refractivity contribution in [3.8, 4) is 0 Å². The number of hydrogen-bond donors (Lipinski definition) is 0. The fourth-order valence-electron chi connectivity index (χ4n) is 4.45. The van der Waals surface area contributed by atoms with Crippen LogP contribution >= 0.6 is 0 Å². The summed E-state index contributed by atoms with van der Waals surface area (Å²) in [5, 5.41) is 0. The molecule has 1 unspecified atom stereocenters. The molecule has 1 atom stereocenters. The maximum absolute atomic E-state index is 13.2. The maximum Gasteiger partial charge on any atom is 0.398 e. The molecule has 3 nitrogen and oxygen atoms in total. The Morgan fingerprint density at radius 3 is 2.33 bits per heavy atom. The number of rotatable bonds is 5. The van der Waals surface area contributed by atoms with Gasteiger partial charge in [0.25, 0.3) is 0 Å². The summed E-state index contributed by atoms with van der Waals surface area (Å²) in [5.74, 6) is 0.987. The van der Waals surface area contributed by atoms with Crippen LogP contribution in [0.15, 0.2) is 24.3 Å². The van der Waals surface area contributed by atoms with Gasteiger partial charge in [-0.05, 0) is 42.7 Å². The van der Waals surface area contributed by atoms with Gasteiger partial charge in [-0.15, -0.1) is 0 Å². The molecule has 6 heteroatoms. The lowest BCUT2D eigenvalue weighted by molar-refractivity contribution is -0.160. The van der Waals surface area contributed by atoms with E-state index in [4.69, 9.17) is 0 Å². The van der Waals surface area contributed by atoms with Gasteiger partial charge in [-0.25, -0.2) is 0 Å². The highest BCUT2D eigenvalue weighted by Gasteiger charge is 2.64. The molecule has 1 aliphatic heterocycles. The first-order valence-electron chi connectivity index (χ1n) is 9.75. The lowest BCUT2D eigenvalue weighted by Crippen LogP contribution is -2.48. The largest absolute Gasteiger partial charge is 0.398 e. The Hall–Kier alpha value is -1.85. The van der Waals surface area contributed by atoms with Gasteiger partial charge in [-0.1, -0.05) is 24.3 Å². The zero-order chi connectivity index (χ0) is 19.2. The Morgan fingerprint density at radius 2 is 1.81 bits per heavy atom. The van der Waals surface area contributed by atoms with Crippen molar-refractivity contribution >= 4 is 11.7 Å². The van der Waals surface area contributed by atoms with E-state index >= 15 is 0 Å². The van der Waals surface area contributed by atoms with E-state index in [-0.39, 0.29) is 24.7 Å². The number of hydrogen-bond acceptors (Lipinski definition) is 2. The van der Waals surface area contributed by atoms with Gasteiger partial charge < -0.3 is 4.90 Å². The van der Waals surface area contributed by atoms with Crippen molar-refractivity contribution in [3.05, 3.63) is 35.4 Å². The smallest absolute Gasteiger partial charge is 0.341 e. The highest BCUT2D eigenvalue weighted by Crippen LogP contribution is 2.58.